The van der Waals surface area contributed by atoms with Crippen molar-refractivity contribution in [2.75, 3.05) is 43.5 Å². The normalized spacial score (nSPS) is 13.2. The van der Waals surface area contributed by atoms with Gasteiger partial charge in [0.2, 0.25) is 0 Å². The molecule has 7 nitrogen and oxygen atoms in total. The number of hydrogen-bond donors (Lipinski definition) is 2. The third kappa shape index (κ3) is 6.30. The average Bonchev–Trinajstić information content (AvgIpc) is 2.89. The SMILES string of the molecule is COc1c(Cl)cc(C(=O)NC(=S)Nc2ccc(N3CCN(C(=O)c4ccccc4F)CC3)cc2)cc1Cl. The summed E-state index contributed by atoms with van der Waals surface area (Å²) in [4.78, 5) is 29.0. The van der Waals surface area contributed by atoms with E-state index >= 15 is 0 Å². The molecule has 1 fully saturated rings. The number of halogens is 3. The Morgan fingerprint density at radius 2 is 1.59 bits per heavy atom. The minimum atomic E-state index is -0.510. The molecule has 1 aliphatic rings. The van der Waals surface area contributed by atoms with Gasteiger partial charge in [0, 0.05) is 43.1 Å². The molecular weight excluding hydrogens is 538 g/mol. The van der Waals surface area contributed by atoms with Crippen LogP contribution in [0.1, 0.15) is 20.7 Å². The van der Waals surface area contributed by atoms with Crippen LogP contribution in [0.25, 0.3) is 0 Å². The molecule has 2 N–H and O–H groups in total. The lowest BCUT2D eigenvalue weighted by molar-refractivity contribution is 0.0742. The minimum Gasteiger partial charge on any atom is -0.494 e. The van der Waals surface area contributed by atoms with Crippen LogP contribution in [0.5, 0.6) is 5.75 Å². The smallest absolute Gasteiger partial charge is 0.257 e. The van der Waals surface area contributed by atoms with Gasteiger partial charge in [0.15, 0.2) is 10.9 Å². The highest BCUT2D eigenvalue weighted by atomic mass is 35.5. The van der Waals surface area contributed by atoms with Crippen molar-refractivity contribution in [1.29, 1.82) is 0 Å². The summed E-state index contributed by atoms with van der Waals surface area (Å²) >= 11 is 17.5. The number of nitrogens with one attached hydrogen (secondary N) is 2. The topological polar surface area (TPSA) is 73.9 Å². The van der Waals surface area contributed by atoms with Crippen molar-refractivity contribution in [2.45, 2.75) is 0 Å². The zero-order valence-corrected chi connectivity index (χ0v) is 22.1. The molecule has 192 valence electrons. The fourth-order valence-corrected chi connectivity index (χ4v) is 4.80. The predicted octanol–water partition coefficient (Wildman–Crippen LogP) is 5.23. The largest absolute Gasteiger partial charge is 0.494 e. The van der Waals surface area contributed by atoms with E-state index in [2.05, 4.69) is 15.5 Å². The van der Waals surface area contributed by atoms with Crippen LogP contribution >= 0.6 is 35.4 Å². The van der Waals surface area contributed by atoms with Crippen molar-refractivity contribution < 1.29 is 18.7 Å². The zero-order valence-electron chi connectivity index (χ0n) is 19.8. The van der Waals surface area contributed by atoms with Gasteiger partial charge >= 0.3 is 0 Å². The van der Waals surface area contributed by atoms with E-state index in [1.165, 1.54) is 31.4 Å². The summed E-state index contributed by atoms with van der Waals surface area (Å²) in [5.74, 6) is -0.988. The molecule has 0 bridgehead atoms. The van der Waals surface area contributed by atoms with E-state index in [0.717, 1.165) is 5.69 Å². The summed E-state index contributed by atoms with van der Waals surface area (Å²) in [6.45, 7) is 2.22. The molecule has 0 spiro atoms. The third-order valence-corrected chi connectivity index (χ3v) is 6.62. The molecule has 0 atom stereocenters. The molecule has 0 radical (unpaired) electrons. The molecule has 11 heteroatoms. The fraction of sp³-hybridized carbons (Fsp3) is 0.192. The molecule has 1 aliphatic heterocycles. The number of hydrogen-bond acceptors (Lipinski definition) is 5. The number of carbonyl (C=O) groups is 2. The van der Waals surface area contributed by atoms with Crippen molar-refractivity contribution in [1.82, 2.24) is 10.2 Å². The molecule has 1 saturated heterocycles. The maximum absolute atomic E-state index is 14.0. The number of nitrogens with zero attached hydrogens (tertiary/aromatic N) is 2. The predicted molar refractivity (Wildman–Crippen MR) is 148 cm³/mol. The van der Waals surface area contributed by atoms with Crippen LogP contribution < -0.4 is 20.3 Å². The molecule has 0 aliphatic carbocycles. The first-order valence-corrected chi connectivity index (χ1v) is 12.5. The monoisotopic (exact) mass is 560 g/mol. The second kappa shape index (κ2) is 11.8. The lowest BCUT2D eigenvalue weighted by atomic mass is 10.1. The van der Waals surface area contributed by atoms with Gasteiger partial charge in [0.05, 0.1) is 22.7 Å². The molecule has 2 amide bonds. The standard InChI is InChI=1S/C26H23Cl2FN4O3S/c1-36-23-20(27)14-16(15-21(23)28)24(34)31-26(37)30-17-6-8-18(9-7-17)32-10-12-33(13-11-32)25(35)19-4-2-3-5-22(19)29/h2-9,14-15H,10-13H2,1H3,(H2,30,31,34,37). The Hall–Kier alpha value is -3.40. The summed E-state index contributed by atoms with van der Waals surface area (Å²) in [5, 5.41) is 6.11. The minimum absolute atomic E-state index is 0.0904. The van der Waals surface area contributed by atoms with E-state index < -0.39 is 11.7 Å². The van der Waals surface area contributed by atoms with Crippen LogP contribution in [0.4, 0.5) is 15.8 Å². The first kappa shape index (κ1) is 26.7. The molecular formula is C26H23Cl2FN4O3S. The number of anilines is 2. The number of methoxy groups -OCH3 is 1. The Morgan fingerprint density at radius 3 is 2.19 bits per heavy atom. The maximum atomic E-state index is 14.0. The van der Waals surface area contributed by atoms with Gasteiger partial charge in [-0.3, -0.25) is 14.9 Å². The van der Waals surface area contributed by atoms with Crippen LogP contribution in [0.2, 0.25) is 10.0 Å². The van der Waals surface area contributed by atoms with Crippen molar-refractivity contribution in [2.24, 2.45) is 0 Å². The summed E-state index contributed by atoms with van der Waals surface area (Å²) in [5.41, 5.74) is 1.99. The number of benzene rings is 3. The summed E-state index contributed by atoms with van der Waals surface area (Å²) < 4.78 is 19.1. The summed E-state index contributed by atoms with van der Waals surface area (Å²) in [6, 6.07) is 16.4. The molecule has 0 aromatic heterocycles. The molecule has 0 saturated carbocycles. The van der Waals surface area contributed by atoms with Gasteiger partial charge < -0.3 is 19.9 Å². The van der Waals surface area contributed by atoms with Gasteiger partial charge in [-0.1, -0.05) is 35.3 Å². The Labute approximate surface area is 229 Å². The lowest BCUT2D eigenvalue weighted by Gasteiger charge is -2.36. The Morgan fingerprint density at radius 1 is 0.973 bits per heavy atom. The second-order valence-corrected chi connectivity index (χ2v) is 9.41. The zero-order chi connectivity index (χ0) is 26.5. The number of rotatable bonds is 5. The van der Waals surface area contributed by atoms with E-state index in [4.69, 9.17) is 40.2 Å². The van der Waals surface area contributed by atoms with E-state index in [0.29, 0.717) is 37.6 Å². The van der Waals surface area contributed by atoms with Crippen LogP contribution in [0.15, 0.2) is 60.7 Å². The van der Waals surface area contributed by atoms with Crippen molar-refractivity contribution >= 4 is 63.7 Å². The van der Waals surface area contributed by atoms with Gasteiger partial charge in [-0.25, -0.2) is 4.39 Å². The van der Waals surface area contributed by atoms with Gasteiger partial charge in [-0.15, -0.1) is 0 Å². The molecule has 37 heavy (non-hydrogen) atoms. The van der Waals surface area contributed by atoms with Crippen LogP contribution in [0, 0.1) is 5.82 Å². The highest BCUT2D eigenvalue weighted by molar-refractivity contribution is 7.80. The average molecular weight is 561 g/mol. The first-order valence-electron chi connectivity index (χ1n) is 11.3. The number of amides is 2. The number of thiocarbonyl (C=S) groups is 1. The second-order valence-electron chi connectivity index (χ2n) is 8.19. The molecule has 0 unspecified atom stereocenters. The molecule has 4 rings (SSSR count). The maximum Gasteiger partial charge on any atom is 0.257 e. The van der Waals surface area contributed by atoms with Crippen LogP contribution in [-0.2, 0) is 0 Å². The van der Waals surface area contributed by atoms with E-state index in [1.54, 1.807) is 17.0 Å². The Balaban J connectivity index is 1.30. The number of carbonyl (C=O) groups excluding carboxylic acids is 2. The molecule has 3 aromatic carbocycles. The van der Waals surface area contributed by atoms with Crippen LogP contribution in [0.3, 0.4) is 0 Å². The van der Waals surface area contributed by atoms with Gasteiger partial charge in [-0.05, 0) is 60.7 Å². The van der Waals surface area contributed by atoms with E-state index in [-0.39, 0.29) is 32.2 Å². The van der Waals surface area contributed by atoms with E-state index in [9.17, 15) is 14.0 Å². The van der Waals surface area contributed by atoms with Gasteiger partial charge in [0.1, 0.15) is 5.82 Å². The summed E-state index contributed by atoms with van der Waals surface area (Å²) in [7, 11) is 1.44. The van der Waals surface area contributed by atoms with Crippen molar-refractivity contribution in [3.8, 4) is 5.75 Å². The highest BCUT2D eigenvalue weighted by Gasteiger charge is 2.24. The number of ether oxygens (including phenoxy) is 1. The summed E-state index contributed by atoms with van der Waals surface area (Å²) in [6.07, 6.45) is 0. The van der Waals surface area contributed by atoms with E-state index in [1.807, 2.05) is 24.3 Å². The third-order valence-electron chi connectivity index (χ3n) is 5.85. The fourth-order valence-electron chi connectivity index (χ4n) is 3.95. The van der Waals surface area contributed by atoms with Crippen molar-refractivity contribution in [3.05, 3.63) is 87.7 Å². The van der Waals surface area contributed by atoms with Crippen molar-refractivity contribution in [3.63, 3.8) is 0 Å². The molecule has 1 heterocycles. The Bertz CT molecular complexity index is 1310. The van der Waals surface area contributed by atoms with Gasteiger partial charge in [0.25, 0.3) is 11.8 Å². The number of piperazine rings is 1. The first-order chi connectivity index (χ1) is 17.8. The molecule has 3 aromatic rings. The Kier molecular flexibility index (Phi) is 8.48. The highest BCUT2D eigenvalue weighted by Crippen LogP contribution is 2.33. The lowest BCUT2D eigenvalue weighted by Crippen LogP contribution is -2.49. The van der Waals surface area contributed by atoms with Gasteiger partial charge in [-0.2, -0.15) is 0 Å². The van der Waals surface area contributed by atoms with Crippen LogP contribution in [-0.4, -0.2) is 55.1 Å². The quantitative estimate of drug-likeness (QED) is 0.416.